The number of fused-ring (bicyclic) bond motifs is 4. The summed E-state index contributed by atoms with van der Waals surface area (Å²) < 4.78 is 0.643. The summed E-state index contributed by atoms with van der Waals surface area (Å²) in [4.78, 5) is 69.1. The average Bonchev–Trinajstić information content (AvgIpc) is 3.41. The summed E-state index contributed by atoms with van der Waals surface area (Å²) in [6, 6.07) is 20.1. The average molecular weight is 670 g/mol. The van der Waals surface area contributed by atoms with Crippen LogP contribution in [0.1, 0.15) is 35.4 Å². The largest absolute Gasteiger partial charge is 0.508 e. The number of primary amides is 1. The molecule has 0 radical (unpaired) electrons. The number of phenols is 1. The van der Waals surface area contributed by atoms with Gasteiger partial charge in [0.15, 0.2) is 0 Å². The minimum absolute atomic E-state index is 0.0649. The second kappa shape index (κ2) is 10.4. The molecular weight excluding hydrogens is 640 g/mol. The van der Waals surface area contributed by atoms with Crippen LogP contribution in [-0.4, -0.2) is 44.7 Å². The highest BCUT2D eigenvalue weighted by Gasteiger charge is 2.70. The van der Waals surface area contributed by atoms with Crippen molar-refractivity contribution in [1.29, 1.82) is 0 Å². The van der Waals surface area contributed by atoms with Gasteiger partial charge in [-0.3, -0.25) is 24.6 Å². The maximum Gasteiger partial charge on any atom is 0.328 e. The first-order chi connectivity index (χ1) is 21.5. The normalized spacial score (nSPS) is 28.8. The lowest BCUT2D eigenvalue weighted by Crippen LogP contribution is -2.53. The Kier molecular flexibility index (Phi) is 6.70. The number of nitrogens with two attached hydrogens (primary N) is 1. The first-order valence-electron chi connectivity index (χ1n) is 14.7. The van der Waals surface area contributed by atoms with Crippen molar-refractivity contribution >= 4 is 51.3 Å². The Hall–Kier alpha value is -4.77. The van der Waals surface area contributed by atoms with Gasteiger partial charge in [0, 0.05) is 16.0 Å². The van der Waals surface area contributed by atoms with Crippen molar-refractivity contribution in [2.24, 2.45) is 29.4 Å². The van der Waals surface area contributed by atoms with Crippen molar-refractivity contribution in [2.45, 2.75) is 31.1 Å². The molecule has 2 heterocycles. The van der Waals surface area contributed by atoms with Crippen LogP contribution in [0.2, 0.25) is 0 Å². The number of nitrogens with zero attached hydrogens (tertiary/aromatic N) is 2. The van der Waals surface area contributed by atoms with E-state index in [0.717, 1.165) is 10.6 Å². The molecule has 4 aliphatic rings. The van der Waals surface area contributed by atoms with Crippen molar-refractivity contribution in [3.63, 3.8) is 0 Å². The molecule has 10 nitrogen and oxygen atoms in total. The summed E-state index contributed by atoms with van der Waals surface area (Å²) >= 11 is 3.51. The lowest BCUT2D eigenvalue weighted by molar-refractivity contribution is -0.139. The number of hydrogen-bond donors (Lipinski definition) is 3. The Morgan fingerprint density at radius 2 is 1.67 bits per heavy atom. The van der Waals surface area contributed by atoms with Gasteiger partial charge in [-0.05, 0) is 61.6 Å². The topological polar surface area (TPSA) is 150 Å². The maximum absolute atomic E-state index is 15.0. The summed E-state index contributed by atoms with van der Waals surface area (Å²) in [6.07, 6.45) is 2.05. The number of nitrogens with one attached hydrogen (secondary N) is 1. The van der Waals surface area contributed by atoms with Crippen molar-refractivity contribution in [3.8, 4) is 5.75 Å². The van der Waals surface area contributed by atoms with Gasteiger partial charge in [0.2, 0.25) is 11.8 Å². The Labute approximate surface area is 267 Å². The number of anilines is 1. The predicted molar refractivity (Wildman–Crippen MR) is 166 cm³/mol. The molecular formula is C34H29BrN4O6. The van der Waals surface area contributed by atoms with E-state index in [1.807, 2.05) is 31.2 Å². The van der Waals surface area contributed by atoms with Gasteiger partial charge in [0.25, 0.3) is 11.8 Å². The summed E-state index contributed by atoms with van der Waals surface area (Å²) in [5.41, 5.74) is 10.2. The third-order valence-electron chi connectivity index (χ3n) is 9.91. The van der Waals surface area contributed by atoms with Crippen LogP contribution in [0.4, 0.5) is 10.5 Å². The number of amides is 6. The van der Waals surface area contributed by atoms with Crippen LogP contribution in [-0.2, 0) is 24.6 Å². The summed E-state index contributed by atoms with van der Waals surface area (Å²) in [7, 11) is 0. The number of benzene rings is 3. The molecule has 3 aromatic carbocycles. The van der Waals surface area contributed by atoms with Crippen LogP contribution in [0.3, 0.4) is 0 Å². The Morgan fingerprint density at radius 1 is 0.956 bits per heavy atom. The van der Waals surface area contributed by atoms with Crippen LogP contribution in [0, 0.1) is 30.6 Å². The van der Waals surface area contributed by atoms with Crippen LogP contribution >= 0.6 is 15.9 Å². The number of urea groups is 1. The molecule has 0 spiro atoms. The molecule has 45 heavy (non-hydrogen) atoms. The molecule has 1 saturated carbocycles. The van der Waals surface area contributed by atoms with Gasteiger partial charge in [-0.15, -0.1) is 0 Å². The van der Waals surface area contributed by atoms with E-state index < -0.39 is 64.7 Å². The lowest BCUT2D eigenvalue weighted by atomic mass is 9.49. The van der Waals surface area contributed by atoms with Crippen molar-refractivity contribution in [1.82, 2.24) is 9.91 Å². The SMILES string of the molecule is Cc1ccc(NN2C(=O)C3CC4C(=CCC5C(=O)N(C(N)=O)C(=O)C54)C(c4cc(Br)ccc4O)C3(c3ccccc3)C2=O)cc1. The molecule has 2 aliphatic heterocycles. The molecule has 6 amide bonds. The van der Waals surface area contributed by atoms with Crippen LogP contribution < -0.4 is 11.2 Å². The number of phenolic OH excluding ortho intramolecular Hbond substituents is 1. The quantitative estimate of drug-likeness (QED) is 0.273. The van der Waals surface area contributed by atoms with Gasteiger partial charge in [-0.1, -0.05) is 75.6 Å². The zero-order chi connectivity index (χ0) is 31.8. The number of carbonyl (C=O) groups excluding carboxylic acids is 5. The smallest absolute Gasteiger partial charge is 0.328 e. The van der Waals surface area contributed by atoms with Gasteiger partial charge < -0.3 is 10.8 Å². The Balaban J connectivity index is 1.47. The number of rotatable bonds is 4. The monoisotopic (exact) mass is 668 g/mol. The summed E-state index contributed by atoms with van der Waals surface area (Å²) in [6.45, 7) is 1.93. The first-order valence-corrected chi connectivity index (χ1v) is 15.5. The standard InChI is InChI=1S/C34H29BrN4O6/c1-17-7-10-20(11-8-17)37-39-30(42)25-16-23-21(12-13-22-27(23)31(43)38(29(22)41)33(36)45)28(24-15-19(35)9-14-26(24)40)34(25,32(39)44)18-5-3-2-4-6-18/h2-12,14-15,22-23,25,27-28,37,40H,13,16H2,1H3,(H2,36,45). The van der Waals surface area contributed by atoms with Crippen molar-refractivity contribution < 1.29 is 29.1 Å². The molecule has 2 aliphatic carbocycles. The van der Waals surface area contributed by atoms with E-state index in [9.17, 15) is 24.3 Å². The van der Waals surface area contributed by atoms with Crippen molar-refractivity contribution in [3.05, 3.63) is 106 Å². The Bertz CT molecular complexity index is 1830. The van der Waals surface area contributed by atoms with E-state index in [1.165, 1.54) is 6.07 Å². The van der Waals surface area contributed by atoms with Gasteiger partial charge in [0.1, 0.15) is 5.75 Å². The van der Waals surface area contributed by atoms with E-state index in [0.29, 0.717) is 31.8 Å². The van der Waals surface area contributed by atoms with E-state index >= 15 is 4.79 Å². The third-order valence-corrected chi connectivity index (χ3v) is 10.4. The zero-order valence-corrected chi connectivity index (χ0v) is 25.7. The number of carbonyl (C=O) groups is 5. The van der Waals surface area contributed by atoms with Crippen LogP contribution in [0.15, 0.2) is 88.9 Å². The van der Waals surface area contributed by atoms with Gasteiger partial charge in [-0.2, -0.15) is 9.91 Å². The van der Waals surface area contributed by atoms with Crippen LogP contribution in [0.25, 0.3) is 0 Å². The minimum Gasteiger partial charge on any atom is -0.508 e. The molecule has 2 saturated heterocycles. The molecule has 6 unspecified atom stereocenters. The molecule has 3 fully saturated rings. The fourth-order valence-electron chi connectivity index (χ4n) is 8.07. The molecule has 0 bridgehead atoms. The highest BCUT2D eigenvalue weighted by molar-refractivity contribution is 9.10. The predicted octanol–water partition coefficient (Wildman–Crippen LogP) is 4.53. The highest BCUT2D eigenvalue weighted by Crippen LogP contribution is 2.65. The van der Waals surface area contributed by atoms with Gasteiger partial charge >= 0.3 is 6.03 Å². The number of hydrogen-bond acceptors (Lipinski definition) is 7. The molecule has 4 N–H and O–H groups in total. The van der Waals surface area contributed by atoms with Gasteiger partial charge in [0.05, 0.1) is 28.9 Å². The molecule has 0 aromatic heterocycles. The number of allylic oxidation sites excluding steroid dienone is 2. The first kappa shape index (κ1) is 29.0. The van der Waals surface area contributed by atoms with Crippen molar-refractivity contribution in [2.75, 3.05) is 5.43 Å². The second-order valence-electron chi connectivity index (χ2n) is 12.1. The molecule has 228 valence electrons. The lowest BCUT2D eigenvalue weighted by Gasteiger charge is -2.50. The summed E-state index contributed by atoms with van der Waals surface area (Å²) in [5, 5.41) is 12.4. The van der Waals surface area contributed by atoms with E-state index in [1.54, 1.807) is 48.5 Å². The Morgan fingerprint density at radius 3 is 2.36 bits per heavy atom. The number of aryl methyl sites for hydroxylation is 1. The zero-order valence-electron chi connectivity index (χ0n) is 24.1. The van der Waals surface area contributed by atoms with E-state index in [4.69, 9.17) is 5.73 Å². The van der Waals surface area contributed by atoms with Crippen LogP contribution in [0.5, 0.6) is 5.75 Å². The number of aromatic hydroxyl groups is 1. The molecule has 7 rings (SSSR count). The fraction of sp³-hybridized carbons (Fsp3) is 0.265. The van der Waals surface area contributed by atoms with E-state index in [2.05, 4.69) is 21.4 Å². The van der Waals surface area contributed by atoms with Gasteiger partial charge in [-0.25, -0.2) is 4.79 Å². The summed E-state index contributed by atoms with van der Waals surface area (Å²) in [5.74, 6) is -6.77. The minimum atomic E-state index is -1.52. The number of halogens is 1. The number of hydrazine groups is 1. The molecule has 11 heteroatoms. The molecule has 3 aromatic rings. The van der Waals surface area contributed by atoms with E-state index in [-0.39, 0.29) is 18.6 Å². The fourth-order valence-corrected chi connectivity index (χ4v) is 8.44. The number of likely N-dealkylation sites (tertiary alicyclic amines) is 1. The molecule has 6 atom stereocenters. The highest BCUT2D eigenvalue weighted by atomic mass is 79.9. The second-order valence-corrected chi connectivity index (χ2v) is 13.1. The number of imide groups is 4. The maximum atomic E-state index is 15.0. The third kappa shape index (κ3) is 4.10.